The molecule has 6 heteroatoms. The lowest BCUT2D eigenvalue weighted by molar-refractivity contribution is 0.0386. The van der Waals surface area contributed by atoms with E-state index < -0.39 is 20.8 Å². The lowest BCUT2D eigenvalue weighted by Crippen LogP contribution is -2.54. The van der Waals surface area contributed by atoms with Gasteiger partial charge in [-0.15, -0.1) is 0 Å². The molecule has 1 aliphatic rings. The van der Waals surface area contributed by atoms with E-state index in [4.69, 9.17) is 10.5 Å². The Balaban J connectivity index is 2.67. The molecule has 0 saturated carbocycles. The first-order valence-corrected chi connectivity index (χ1v) is 6.75. The molecule has 0 spiro atoms. The van der Waals surface area contributed by atoms with Gasteiger partial charge in [0, 0.05) is 13.2 Å². The van der Waals surface area contributed by atoms with Gasteiger partial charge >= 0.3 is 0 Å². The lowest BCUT2D eigenvalue weighted by atomic mass is 9.97. The van der Waals surface area contributed by atoms with Crippen LogP contribution in [0, 0.1) is 0 Å². The van der Waals surface area contributed by atoms with Crippen LogP contribution in [0.4, 0.5) is 0 Å². The number of nitrogens with one attached hydrogen (secondary N) is 1. The van der Waals surface area contributed by atoms with Crippen molar-refractivity contribution >= 4 is 10.0 Å². The molecule has 1 saturated heterocycles. The number of nitrogens with two attached hydrogens (primary N) is 1. The van der Waals surface area contributed by atoms with E-state index in [1.54, 1.807) is 6.92 Å². The average Bonchev–Trinajstić information content (AvgIpc) is 2.16. The number of hydrogen-bond acceptors (Lipinski definition) is 4. The first-order chi connectivity index (χ1) is 6.90. The lowest BCUT2D eigenvalue weighted by Gasteiger charge is -2.34. The Kier molecular flexibility index (Phi) is 4.11. The van der Waals surface area contributed by atoms with E-state index in [1.165, 1.54) is 0 Å². The molecule has 0 aromatic carbocycles. The fourth-order valence-electron chi connectivity index (χ4n) is 1.59. The maximum Gasteiger partial charge on any atom is 0.216 e. The van der Waals surface area contributed by atoms with Crippen LogP contribution in [-0.4, -0.2) is 39.0 Å². The quantitative estimate of drug-likeness (QED) is 0.709. The summed E-state index contributed by atoms with van der Waals surface area (Å²) in [7, 11) is -3.32. The summed E-state index contributed by atoms with van der Waals surface area (Å²) in [5, 5.41) is -0.559. The monoisotopic (exact) mass is 236 g/mol. The molecule has 2 atom stereocenters. The molecule has 2 unspecified atom stereocenters. The summed E-state index contributed by atoms with van der Waals surface area (Å²) in [6, 6.07) is 0. The van der Waals surface area contributed by atoms with E-state index in [-0.39, 0.29) is 6.54 Å². The Morgan fingerprint density at radius 2 is 2.27 bits per heavy atom. The van der Waals surface area contributed by atoms with E-state index in [2.05, 4.69) is 4.72 Å². The molecule has 0 radical (unpaired) electrons. The summed E-state index contributed by atoms with van der Waals surface area (Å²) < 4.78 is 31.6. The van der Waals surface area contributed by atoms with Crippen molar-refractivity contribution in [1.29, 1.82) is 0 Å². The fraction of sp³-hybridized carbons (Fsp3) is 1.00. The molecular formula is C9H20N2O3S. The van der Waals surface area contributed by atoms with Gasteiger partial charge in [0.1, 0.15) is 0 Å². The molecule has 1 rings (SSSR count). The van der Waals surface area contributed by atoms with Crippen LogP contribution in [-0.2, 0) is 14.8 Å². The van der Waals surface area contributed by atoms with Crippen molar-refractivity contribution in [2.45, 2.75) is 37.5 Å². The van der Waals surface area contributed by atoms with E-state index in [9.17, 15) is 8.42 Å². The third-order valence-electron chi connectivity index (χ3n) is 2.69. The molecule has 1 heterocycles. The van der Waals surface area contributed by atoms with E-state index in [1.807, 2.05) is 6.92 Å². The number of hydrogen-bond donors (Lipinski definition) is 2. The van der Waals surface area contributed by atoms with Crippen LogP contribution in [0.25, 0.3) is 0 Å². The van der Waals surface area contributed by atoms with E-state index in [0.29, 0.717) is 13.2 Å². The highest BCUT2D eigenvalue weighted by atomic mass is 32.2. The molecule has 0 aromatic heterocycles. The number of sulfonamides is 1. The van der Waals surface area contributed by atoms with E-state index >= 15 is 0 Å². The van der Waals surface area contributed by atoms with Gasteiger partial charge in [-0.3, -0.25) is 0 Å². The largest absolute Gasteiger partial charge is 0.380 e. The van der Waals surface area contributed by atoms with Crippen LogP contribution in [0.2, 0.25) is 0 Å². The highest BCUT2D eigenvalue weighted by Crippen LogP contribution is 2.20. The molecule has 1 fully saturated rings. The summed E-state index contributed by atoms with van der Waals surface area (Å²) in [6.07, 6.45) is 1.69. The van der Waals surface area contributed by atoms with Crippen LogP contribution < -0.4 is 10.5 Å². The maximum absolute atomic E-state index is 11.8. The molecule has 3 N–H and O–H groups in total. The second-order valence-corrected chi connectivity index (χ2v) is 6.51. The predicted octanol–water partition coefficient (Wildman–Crippen LogP) is -0.178. The Morgan fingerprint density at radius 1 is 1.60 bits per heavy atom. The second-order valence-electron chi connectivity index (χ2n) is 4.41. The molecular weight excluding hydrogens is 216 g/mol. The maximum atomic E-state index is 11.8. The third-order valence-corrected chi connectivity index (χ3v) is 4.72. The zero-order chi connectivity index (χ0) is 11.5. The third kappa shape index (κ3) is 3.41. The first-order valence-electron chi connectivity index (χ1n) is 5.20. The van der Waals surface area contributed by atoms with Gasteiger partial charge in [-0.2, -0.15) is 0 Å². The van der Waals surface area contributed by atoms with Gasteiger partial charge in [0.15, 0.2) is 0 Å². The van der Waals surface area contributed by atoms with Crippen LogP contribution in [0.3, 0.4) is 0 Å². The summed E-state index contributed by atoms with van der Waals surface area (Å²) in [4.78, 5) is 0. The van der Waals surface area contributed by atoms with Gasteiger partial charge in [-0.1, -0.05) is 0 Å². The summed E-state index contributed by atoms with van der Waals surface area (Å²) in [6.45, 7) is 4.75. The molecule has 0 amide bonds. The Morgan fingerprint density at radius 3 is 2.73 bits per heavy atom. The van der Waals surface area contributed by atoms with Crippen molar-refractivity contribution in [2.75, 3.05) is 19.8 Å². The predicted molar refractivity (Wildman–Crippen MR) is 59.0 cm³/mol. The summed E-state index contributed by atoms with van der Waals surface area (Å²) >= 11 is 0. The number of rotatable bonds is 4. The van der Waals surface area contributed by atoms with E-state index in [0.717, 1.165) is 12.8 Å². The van der Waals surface area contributed by atoms with Crippen LogP contribution >= 0.6 is 0 Å². The smallest absolute Gasteiger partial charge is 0.216 e. The van der Waals surface area contributed by atoms with Gasteiger partial charge in [0.25, 0.3) is 0 Å². The summed E-state index contributed by atoms with van der Waals surface area (Å²) in [5.41, 5.74) is 4.88. The normalized spacial score (nSPS) is 30.1. The number of ether oxygens (including phenoxy) is 1. The van der Waals surface area contributed by atoms with Crippen LogP contribution in [0.15, 0.2) is 0 Å². The van der Waals surface area contributed by atoms with Crippen molar-refractivity contribution in [2.24, 2.45) is 5.73 Å². The average molecular weight is 236 g/mol. The van der Waals surface area contributed by atoms with Crippen molar-refractivity contribution < 1.29 is 13.2 Å². The zero-order valence-corrected chi connectivity index (χ0v) is 10.1. The molecule has 90 valence electrons. The highest BCUT2D eigenvalue weighted by molar-refractivity contribution is 7.90. The topological polar surface area (TPSA) is 81.4 Å². The first kappa shape index (κ1) is 12.9. The SMILES string of the molecule is CC(CN)S(=O)(=O)NC1(C)CCCOC1. The molecule has 0 aliphatic carbocycles. The van der Waals surface area contributed by atoms with Crippen molar-refractivity contribution in [3.05, 3.63) is 0 Å². The molecule has 15 heavy (non-hydrogen) atoms. The minimum absolute atomic E-state index is 0.131. The fourth-order valence-corrected chi connectivity index (χ4v) is 2.89. The van der Waals surface area contributed by atoms with Crippen LogP contribution in [0.5, 0.6) is 0 Å². The van der Waals surface area contributed by atoms with Crippen molar-refractivity contribution in [3.63, 3.8) is 0 Å². The van der Waals surface area contributed by atoms with Gasteiger partial charge in [0.05, 0.1) is 17.4 Å². The summed E-state index contributed by atoms with van der Waals surface area (Å²) in [5.74, 6) is 0. The highest BCUT2D eigenvalue weighted by Gasteiger charge is 2.34. The molecule has 5 nitrogen and oxygen atoms in total. The Labute approximate surface area is 91.4 Å². The molecule has 1 aliphatic heterocycles. The van der Waals surface area contributed by atoms with Crippen LogP contribution in [0.1, 0.15) is 26.7 Å². The molecule has 0 aromatic rings. The minimum atomic E-state index is -3.32. The van der Waals surface area contributed by atoms with Gasteiger partial charge in [-0.25, -0.2) is 13.1 Å². The van der Waals surface area contributed by atoms with Crippen molar-refractivity contribution in [1.82, 2.24) is 4.72 Å². The zero-order valence-electron chi connectivity index (χ0n) is 9.32. The van der Waals surface area contributed by atoms with Gasteiger partial charge < -0.3 is 10.5 Å². The molecule has 0 bridgehead atoms. The Hall–Kier alpha value is -0.170. The standard InChI is InChI=1S/C9H20N2O3S/c1-8(6-10)15(12,13)11-9(2)4-3-5-14-7-9/h8,11H,3-7,10H2,1-2H3. The van der Waals surface area contributed by atoms with Gasteiger partial charge in [-0.05, 0) is 26.7 Å². The Bertz CT molecular complexity index is 296. The second kappa shape index (κ2) is 4.78. The van der Waals surface area contributed by atoms with Crippen molar-refractivity contribution in [3.8, 4) is 0 Å². The minimum Gasteiger partial charge on any atom is -0.380 e. The van der Waals surface area contributed by atoms with Gasteiger partial charge in [0.2, 0.25) is 10.0 Å².